The molecular formula is C16H18ClN. The number of halogens is 1. The molecule has 0 unspecified atom stereocenters. The maximum absolute atomic E-state index is 6.18. The fourth-order valence-electron chi connectivity index (χ4n) is 2.05. The van der Waals surface area contributed by atoms with Gasteiger partial charge in [-0.15, -0.1) is 0 Å². The SMILES string of the molecule is CCc1cccc(-c2ccc(Cl)c(CNC)c2)c1. The quantitative estimate of drug-likeness (QED) is 0.864. The van der Waals surface area contributed by atoms with Crippen molar-refractivity contribution in [3.63, 3.8) is 0 Å². The van der Waals surface area contributed by atoms with Crippen LogP contribution in [0.15, 0.2) is 42.5 Å². The van der Waals surface area contributed by atoms with Gasteiger partial charge in [-0.3, -0.25) is 0 Å². The van der Waals surface area contributed by atoms with Gasteiger partial charge in [-0.1, -0.05) is 48.9 Å². The van der Waals surface area contributed by atoms with E-state index in [1.165, 1.54) is 16.7 Å². The Kier molecular flexibility index (Phi) is 4.40. The highest BCUT2D eigenvalue weighted by Gasteiger charge is 2.04. The zero-order valence-corrected chi connectivity index (χ0v) is 11.6. The van der Waals surface area contributed by atoms with Crippen LogP contribution in [0.3, 0.4) is 0 Å². The molecule has 0 aliphatic carbocycles. The summed E-state index contributed by atoms with van der Waals surface area (Å²) in [6, 6.07) is 14.9. The van der Waals surface area contributed by atoms with Gasteiger partial charge in [-0.05, 0) is 47.9 Å². The number of hydrogen-bond donors (Lipinski definition) is 1. The molecule has 2 aromatic rings. The summed E-state index contributed by atoms with van der Waals surface area (Å²) in [4.78, 5) is 0. The van der Waals surface area contributed by atoms with Gasteiger partial charge < -0.3 is 5.32 Å². The van der Waals surface area contributed by atoms with E-state index in [4.69, 9.17) is 11.6 Å². The van der Waals surface area contributed by atoms with Gasteiger partial charge in [-0.25, -0.2) is 0 Å². The molecule has 0 atom stereocenters. The standard InChI is InChI=1S/C16H18ClN/c1-3-12-5-4-6-13(9-12)14-7-8-16(17)15(10-14)11-18-2/h4-10,18H,3,11H2,1-2H3. The van der Waals surface area contributed by atoms with Crippen LogP contribution in [0, 0.1) is 0 Å². The second kappa shape index (κ2) is 6.03. The third-order valence-corrected chi connectivity index (χ3v) is 3.45. The fourth-order valence-corrected chi connectivity index (χ4v) is 2.24. The highest BCUT2D eigenvalue weighted by molar-refractivity contribution is 6.31. The average molecular weight is 260 g/mol. The van der Waals surface area contributed by atoms with E-state index in [0.29, 0.717) is 0 Å². The van der Waals surface area contributed by atoms with Crippen molar-refractivity contribution in [2.75, 3.05) is 7.05 Å². The predicted octanol–water partition coefficient (Wildman–Crippen LogP) is 4.29. The highest BCUT2D eigenvalue weighted by Crippen LogP contribution is 2.26. The maximum atomic E-state index is 6.18. The Balaban J connectivity index is 2.40. The summed E-state index contributed by atoms with van der Waals surface area (Å²) in [6.07, 6.45) is 1.06. The van der Waals surface area contributed by atoms with Gasteiger partial charge >= 0.3 is 0 Å². The molecular weight excluding hydrogens is 242 g/mol. The lowest BCUT2D eigenvalue weighted by Crippen LogP contribution is -2.05. The molecule has 0 amide bonds. The fraction of sp³-hybridized carbons (Fsp3) is 0.250. The van der Waals surface area contributed by atoms with Crippen molar-refractivity contribution < 1.29 is 0 Å². The normalized spacial score (nSPS) is 10.6. The van der Waals surface area contributed by atoms with Crippen LogP contribution in [-0.4, -0.2) is 7.05 Å². The van der Waals surface area contributed by atoms with Gasteiger partial charge in [-0.2, -0.15) is 0 Å². The molecule has 2 rings (SSSR count). The number of aryl methyl sites for hydroxylation is 1. The number of benzene rings is 2. The lowest BCUT2D eigenvalue weighted by atomic mass is 10.0. The third-order valence-electron chi connectivity index (χ3n) is 3.08. The molecule has 1 N–H and O–H groups in total. The van der Waals surface area contributed by atoms with E-state index in [2.05, 4.69) is 48.6 Å². The molecule has 2 heteroatoms. The number of rotatable bonds is 4. The summed E-state index contributed by atoms with van der Waals surface area (Å²) in [5.41, 5.74) is 4.97. The van der Waals surface area contributed by atoms with Gasteiger partial charge in [0.05, 0.1) is 0 Å². The van der Waals surface area contributed by atoms with E-state index in [-0.39, 0.29) is 0 Å². The minimum Gasteiger partial charge on any atom is -0.316 e. The molecule has 0 fully saturated rings. The summed E-state index contributed by atoms with van der Waals surface area (Å²) in [5.74, 6) is 0. The third kappa shape index (κ3) is 2.92. The molecule has 0 heterocycles. The Hall–Kier alpha value is -1.31. The summed E-state index contributed by atoms with van der Waals surface area (Å²) in [7, 11) is 1.93. The second-order valence-electron chi connectivity index (χ2n) is 4.39. The highest BCUT2D eigenvalue weighted by atomic mass is 35.5. The predicted molar refractivity (Wildman–Crippen MR) is 79.0 cm³/mol. The molecule has 18 heavy (non-hydrogen) atoms. The van der Waals surface area contributed by atoms with Gasteiger partial charge in [0.1, 0.15) is 0 Å². The Labute approximate surface area is 114 Å². The monoisotopic (exact) mass is 259 g/mol. The Morgan fingerprint density at radius 2 is 1.83 bits per heavy atom. The first-order chi connectivity index (χ1) is 8.74. The van der Waals surface area contributed by atoms with Crippen molar-refractivity contribution in [1.29, 1.82) is 0 Å². The van der Waals surface area contributed by atoms with E-state index in [1.807, 2.05) is 13.1 Å². The molecule has 0 saturated heterocycles. The van der Waals surface area contributed by atoms with Crippen LogP contribution >= 0.6 is 11.6 Å². The molecule has 0 aliphatic heterocycles. The first-order valence-corrected chi connectivity index (χ1v) is 6.64. The number of nitrogens with one attached hydrogen (secondary N) is 1. The molecule has 0 bridgehead atoms. The maximum Gasteiger partial charge on any atom is 0.0451 e. The molecule has 2 aromatic carbocycles. The van der Waals surface area contributed by atoms with Crippen LogP contribution in [0.25, 0.3) is 11.1 Å². The van der Waals surface area contributed by atoms with Crippen molar-refractivity contribution in [3.8, 4) is 11.1 Å². The van der Waals surface area contributed by atoms with Crippen LogP contribution in [0.2, 0.25) is 5.02 Å². The molecule has 0 spiro atoms. The van der Waals surface area contributed by atoms with Gasteiger partial charge in [0, 0.05) is 11.6 Å². The first kappa shape index (κ1) is 13.1. The lowest BCUT2D eigenvalue weighted by molar-refractivity contribution is 0.818. The first-order valence-electron chi connectivity index (χ1n) is 6.27. The van der Waals surface area contributed by atoms with E-state index in [1.54, 1.807) is 0 Å². The topological polar surface area (TPSA) is 12.0 Å². The Morgan fingerprint density at radius 1 is 1.06 bits per heavy atom. The molecule has 0 aromatic heterocycles. The van der Waals surface area contributed by atoms with Crippen LogP contribution in [-0.2, 0) is 13.0 Å². The molecule has 0 aliphatic rings. The van der Waals surface area contributed by atoms with Crippen LogP contribution in [0.4, 0.5) is 0 Å². The van der Waals surface area contributed by atoms with Crippen LogP contribution < -0.4 is 5.32 Å². The zero-order valence-electron chi connectivity index (χ0n) is 10.8. The van der Waals surface area contributed by atoms with E-state index >= 15 is 0 Å². The van der Waals surface area contributed by atoms with Crippen molar-refractivity contribution >= 4 is 11.6 Å². The largest absolute Gasteiger partial charge is 0.316 e. The van der Waals surface area contributed by atoms with Crippen molar-refractivity contribution in [2.24, 2.45) is 0 Å². The van der Waals surface area contributed by atoms with Gasteiger partial charge in [0.15, 0.2) is 0 Å². The van der Waals surface area contributed by atoms with E-state index in [9.17, 15) is 0 Å². The van der Waals surface area contributed by atoms with Crippen molar-refractivity contribution in [2.45, 2.75) is 19.9 Å². The molecule has 0 saturated carbocycles. The summed E-state index contributed by atoms with van der Waals surface area (Å²) < 4.78 is 0. The molecule has 1 nitrogen and oxygen atoms in total. The van der Waals surface area contributed by atoms with Crippen LogP contribution in [0.1, 0.15) is 18.1 Å². The van der Waals surface area contributed by atoms with Crippen molar-refractivity contribution in [3.05, 3.63) is 58.6 Å². The summed E-state index contributed by atoms with van der Waals surface area (Å²) in [6.45, 7) is 2.97. The van der Waals surface area contributed by atoms with Gasteiger partial charge in [0.25, 0.3) is 0 Å². The molecule has 0 radical (unpaired) electrons. The lowest BCUT2D eigenvalue weighted by Gasteiger charge is -2.08. The summed E-state index contributed by atoms with van der Waals surface area (Å²) in [5, 5.41) is 3.96. The zero-order chi connectivity index (χ0) is 13.0. The smallest absolute Gasteiger partial charge is 0.0451 e. The van der Waals surface area contributed by atoms with E-state index < -0.39 is 0 Å². The molecule has 94 valence electrons. The minimum absolute atomic E-state index is 0.792. The Bertz CT molecular complexity index is 534. The van der Waals surface area contributed by atoms with Crippen molar-refractivity contribution in [1.82, 2.24) is 5.32 Å². The van der Waals surface area contributed by atoms with Crippen LogP contribution in [0.5, 0.6) is 0 Å². The minimum atomic E-state index is 0.792. The Morgan fingerprint density at radius 3 is 2.56 bits per heavy atom. The number of hydrogen-bond acceptors (Lipinski definition) is 1. The second-order valence-corrected chi connectivity index (χ2v) is 4.80. The average Bonchev–Trinajstić information content (AvgIpc) is 2.41. The van der Waals surface area contributed by atoms with Gasteiger partial charge in [0.2, 0.25) is 0 Å². The van der Waals surface area contributed by atoms with E-state index in [0.717, 1.165) is 23.6 Å². The summed E-state index contributed by atoms with van der Waals surface area (Å²) >= 11 is 6.18.